The van der Waals surface area contributed by atoms with Crippen LogP contribution in [0.3, 0.4) is 0 Å². The molecule has 1 aliphatic carbocycles. The van der Waals surface area contributed by atoms with Crippen LogP contribution < -0.4 is 0 Å². The van der Waals surface area contributed by atoms with Crippen molar-refractivity contribution in [2.75, 3.05) is 20.3 Å². The van der Waals surface area contributed by atoms with Gasteiger partial charge in [0, 0.05) is 35.8 Å². The molecule has 0 bridgehead atoms. The maximum absolute atomic E-state index is 12.5. The fourth-order valence-corrected chi connectivity index (χ4v) is 4.57. The van der Waals surface area contributed by atoms with Gasteiger partial charge >= 0.3 is 0 Å². The minimum atomic E-state index is -3.80. The Bertz CT molecular complexity index is 607. The molecule has 1 amide bonds. The van der Waals surface area contributed by atoms with Crippen molar-refractivity contribution in [1.82, 2.24) is 4.90 Å². The maximum atomic E-state index is 12.5. The Morgan fingerprint density at radius 3 is 2.65 bits per heavy atom. The first-order chi connectivity index (χ1) is 9.36. The van der Waals surface area contributed by atoms with Crippen molar-refractivity contribution in [2.45, 2.75) is 30.0 Å². The summed E-state index contributed by atoms with van der Waals surface area (Å²) < 4.78 is 27.9. The average molecular weight is 338 g/mol. The van der Waals surface area contributed by atoms with Gasteiger partial charge in [-0.3, -0.25) is 4.79 Å². The van der Waals surface area contributed by atoms with Crippen LogP contribution in [-0.2, 0) is 13.8 Å². The lowest BCUT2D eigenvalue weighted by molar-refractivity contribution is 0.0680. The van der Waals surface area contributed by atoms with Gasteiger partial charge in [-0.05, 0) is 25.3 Å². The molecule has 0 aliphatic heterocycles. The van der Waals surface area contributed by atoms with E-state index in [0.29, 0.717) is 24.3 Å². The van der Waals surface area contributed by atoms with Gasteiger partial charge in [-0.25, -0.2) is 8.42 Å². The summed E-state index contributed by atoms with van der Waals surface area (Å²) in [5.41, 5.74) is 0.843. The van der Waals surface area contributed by atoms with Crippen molar-refractivity contribution in [3.63, 3.8) is 0 Å². The summed E-state index contributed by atoms with van der Waals surface area (Å²) in [4.78, 5) is 14.3. The Labute approximate surface area is 126 Å². The minimum absolute atomic E-state index is 0.0463. The van der Waals surface area contributed by atoms with Gasteiger partial charge in [0.05, 0.1) is 12.2 Å². The highest BCUT2D eigenvalue weighted by molar-refractivity contribution is 8.15. The molecule has 0 spiro atoms. The molecule has 1 heterocycles. The Hall–Kier alpha value is -0.630. The average Bonchev–Trinajstić information content (AvgIpc) is 3.10. The first-order valence-electron chi connectivity index (χ1n) is 6.19. The standard InChI is InChI=1S/C12H16ClNO4S2/c1-8-10(7-19-12(8)20(13,16)17)11(15)14(5-6-18-2)9-3-4-9/h7,9H,3-6H2,1-2H3. The largest absolute Gasteiger partial charge is 0.383 e. The third-order valence-corrected chi connectivity index (χ3v) is 6.54. The van der Waals surface area contributed by atoms with Crippen LogP contribution in [0, 0.1) is 6.92 Å². The molecule has 0 radical (unpaired) electrons. The van der Waals surface area contributed by atoms with E-state index in [1.807, 2.05) is 0 Å². The Morgan fingerprint density at radius 1 is 1.55 bits per heavy atom. The van der Waals surface area contributed by atoms with E-state index in [1.54, 1.807) is 24.3 Å². The summed E-state index contributed by atoms with van der Waals surface area (Å²) in [5.74, 6) is -0.148. The SMILES string of the molecule is COCCN(C(=O)c1csc(S(=O)(=O)Cl)c1C)C1CC1. The lowest BCUT2D eigenvalue weighted by Gasteiger charge is -2.22. The number of ether oxygens (including phenoxy) is 1. The summed E-state index contributed by atoms with van der Waals surface area (Å²) in [6.07, 6.45) is 1.97. The highest BCUT2D eigenvalue weighted by Gasteiger charge is 2.34. The minimum Gasteiger partial charge on any atom is -0.383 e. The molecule has 112 valence electrons. The van der Waals surface area contributed by atoms with Gasteiger partial charge in [-0.2, -0.15) is 0 Å². The second-order valence-corrected chi connectivity index (χ2v) is 8.36. The first kappa shape index (κ1) is 15.8. The van der Waals surface area contributed by atoms with Gasteiger partial charge in [0.15, 0.2) is 0 Å². The zero-order valence-electron chi connectivity index (χ0n) is 11.3. The van der Waals surface area contributed by atoms with E-state index < -0.39 is 9.05 Å². The number of hydrogen-bond donors (Lipinski definition) is 0. The summed E-state index contributed by atoms with van der Waals surface area (Å²) in [6.45, 7) is 2.59. The van der Waals surface area contributed by atoms with E-state index in [0.717, 1.165) is 24.2 Å². The van der Waals surface area contributed by atoms with Crippen LogP contribution in [0.25, 0.3) is 0 Å². The fourth-order valence-electron chi connectivity index (χ4n) is 2.03. The Balaban J connectivity index is 2.26. The van der Waals surface area contributed by atoms with E-state index in [4.69, 9.17) is 15.4 Å². The van der Waals surface area contributed by atoms with Crippen LogP contribution in [0.4, 0.5) is 0 Å². The normalized spacial score (nSPS) is 15.3. The molecule has 1 saturated carbocycles. The van der Waals surface area contributed by atoms with E-state index in [9.17, 15) is 13.2 Å². The molecule has 1 aliphatic rings. The molecule has 0 N–H and O–H groups in total. The van der Waals surface area contributed by atoms with Crippen molar-refractivity contribution in [3.8, 4) is 0 Å². The molecule has 0 unspecified atom stereocenters. The molecule has 0 atom stereocenters. The molecule has 1 aromatic heterocycles. The molecule has 8 heteroatoms. The van der Waals surface area contributed by atoms with Crippen LogP contribution in [0.1, 0.15) is 28.8 Å². The number of halogens is 1. The van der Waals surface area contributed by atoms with E-state index >= 15 is 0 Å². The lowest BCUT2D eigenvalue weighted by atomic mass is 10.2. The number of carbonyl (C=O) groups is 1. The highest BCUT2D eigenvalue weighted by Crippen LogP contribution is 2.33. The van der Waals surface area contributed by atoms with Crippen LogP contribution in [-0.4, -0.2) is 45.5 Å². The first-order valence-corrected chi connectivity index (χ1v) is 9.37. The van der Waals surface area contributed by atoms with Crippen molar-refractivity contribution in [2.24, 2.45) is 0 Å². The van der Waals surface area contributed by atoms with Gasteiger partial charge in [0.25, 0.3) is 15.0 Å². The van der Waals surface area contributed by atoms with Crippen molar-refractivity contribution in [3.05, 3.63) is 16.5 Å². The number of amides is 1. The summed E-state index contributed by atoms with van der Waals surface area (Å²) in [5, 5.41) is 1.56. The summed E-state index contributed by atoms with van der Waals surface area (Å²) in [7, 11) is 3.15. The number of rotatable bonds is 6. The van der Waals surface area contributed by atoms with Crippen LogP contribution in [0.15, 0.2) is 9.59 Å². The van der Waals surface area contributed by atoms with Crippen molar-refractivity contribution < 1.29 is 17.9 Å². The quantitative estimate of drug-likeness (QED) is 0.747. The Morgan fingerprint density at radius 2 is 2.20 bits per heavy atom. The molecular weight excluding hydrogens is 322 g/mol. The second kappa shape index (κ2) is 6.01. The zero-order valence-corrected chi connectivity index (χ0v) is 13.6. The molecule has 2 rings (SSSR count). The van der Waals surface area contributed by atoms with Crippen LogP contribution in [0.5, 0.6) is 0 Å². The molecule has 20 heavy (non-hydrogen) atoms. The number of hydrogen-bond acceptors (Lipinski definition) is 5. The predicted molar refractivity (Wildman–Crippen MR) is 78.0 cm³/mol. The van der Waals surface area contributed by atoms with Crippen molar-refractivity contribution >= 4 is 37.0 Å². The maximum Gasteiger partial charge on any atom is 0.271 e. The van der Waals surface area contributed by atoms with Gasteiger partial charge in [0.1, 0.15) is 4.21 Å². The monoisotopic (exact) mass is 337 g/mol. The molecule has 5 nitrogen and oxygen atoms in total. The number of carbonyl (C=O) groups excluding carboxylic acids is 1. The van der Waals surface area contributed by atoms with Crippen LogP contribution in [0.2, 0.25) is 0 Å². The smallest absolute Gasteiger partial charge is 0.271 e. The molecule has 1 aromatic rings. The van der Waals surface area contributed by atoms with Gasteiger partial charge < -0.3 is 9.64 Å². The molecule has 0 saturated heterocycles. The second-order valence-electron chi connectivity index (χ2n) is 4.72. The molecule has 0 aromatic carbocycles. The number of thiophene rings is 1. The summed E-state index contributed by atoms with van der Waals surface area (Å²) in [6, 6.07) is 0.244. The van der Waals surface area contributed by atoms with Gasteiger partial charge in [0.2, 0.25) is 0 Å². The highest BCUT2D eigenvalue weighted by atomic mass is 35.7. The van der Waals surface area contributed by atoms with E-state index in [2.05, 4.69) is 0 Å². The molecular formula is C12H16ClNO4S2. The number of nitrogens with zero attached hydrogens (tertiary/aromatic N) is 1. The third-order valence-electron chi connectivity index (χ3n) is 3.23. The number of methoxy groups -OCH3 is 1. The lowest BCUT2D eigenvalue weighted by Crippen LogP contribution is -2.36. The third kappa shape index (κ3) is 3.33. The molecule has 1 fully saturated rings. The zero-order chi connectivity index (χ0) is 14.9. The van der Waals surface area contributed by atoms with Gasteiger partial charge in [-0.15, -0.1) is 11.3 Å². The predicted octanol–water partition coefficient (Wildman–Crippen LogP) is 2.24. The van der Waals surface area contributed by atoms with Crippen LogP contribution >= 0.6 is 22.0 Å². The van der Waals surface area contributed by atoms with E-state index in [1.165, 1.54) is 0 Å². The topological polar surface area (TPSA) is 63.7 Å². The Kier molecular flexibility index (Phi) is 4.73. The summed E-state index contributed by atoms with van der Waals surface area (Å²) >= 11 is 0.986. The van der Waals surface area contributed by atoms with Crippen molar-refractivity contribution in [1.29, 1.82) is 0 Å². The fraction of sp³-hybridized carbons (Fsp3) is 0.583. The van der Waals surface area contributed by atoms with E-state index in [-0.39, 0.29) is 16.2 Å². The van der Waals surface area contributed by atoms with Gasteiger partial charge in [-0.1, -0.05) is 0 Å².